The minimum absolute atomic E-state index is 0.408. The van der Waals surface area contributed by atoms with Gasteiger partial charge in [-0.2, -0.15) is 0 Å². The molecule has 100 valence electrons. The number of benzene rings is 1. The van der Waals surface area contributed by atoms with E-state index >= 15 is 0 Å². The molecule has 2 aromatic rings. The van der Waals surface area contributed by atoms with Crippen LogP contribution in [-0.4, -0.2) is 27.9 Å². The van der Waals surface area contributed by atoms with E-state index in [4.69, 9.17) is 4.74 Å². The van der Waals surface area contributed by atoms with Gasteiger partial charge in [0.1, 0.15) is 11.4 Å². The minimum atomic E-state index is 0.408. The molecule has 0 aliphatic rings. The van der Waals surface area contributed by atoms with Crippen LogP contribution in [0.2, 0.25) is 0 Å². The summed E-state index contributed by atoms with van der Waals surface area (Å²) in [5.74, 6) is 0.824. The zero-order valence-corrected chi connectivity index (χ0v) is 11.0. The quantitative estimate of drug-likeness (QED) is 0.715. The Morgan fingerprint density at radius 3 is 2.79 bits per heavy atom. The minimum Gasteiger partial charge on any atom is -0.493 e. The fourth-order valence-electron chi connectivity index (χ4n) is 1.87. The topological polar surface area (TPSA) is 57.0 Å². The van der Waals surface area contributed by atoms with E-state index < -0.39 is 0 Å². The first-order chi connectivity index (χ1) is 9.35. The maximum Gasteiger partial charge on any atom is 0.172 e. The zero-order chi connectivity index (χ0) is 13.5. The van der Waals surface area contributed by atoms with Gasteiger partial charge in [0.05, 0.1) is 12.3 Å². The van der Waals surface area contributed by atoms with Gasteiger partial charge >= 0.3 is 0 Å². The van der Waals surface area contributed by atoms with Crippen molar-refractivity contribution in [3.05, 3.63) is 41.7 Å². The average molecular weight is 259 g/mol. The number of aromatic nitrogens is 3. The van der Waals surface area contributed by atoms with Crippen molar-refractivity contribution < 1.29 is 9.53 Å². The van der Waals surface area contributed by atoms with Crippen LogP contribution in [0.5, 0.6) is 5.75 Å². The van der Waals surface area contributed by atoms with Gasteiger partial charge in [-0.3, -0.25) is 4.79 Å². The predicted octanol–water partition coefficient (Wildman–Crippen LogP) is 2.12. The van der Waals surface area contributed by atoms with Crippen LogP contribution < -0.4 is 4.74 Å². The standard InChI is InChI=1S/C14H17N3O2/c1-2-9-17-14(13(11-18)15-16-17)8-10-19-12-6-4-3-5-7-12/h3-7,11H,2,8-10H2,1H3. The van der Waals surface area contributed by atoms with Gasteiger partial charge in [0, 0.05) is 13.0 Å². The molecule has 0 aliphatic carbocycles. The molecule has 0 aliphatic heterocycles. The van der Waals surface area contributed by atoms with Crippen molar-refractivity contribution in [2.24, 2.45) is 0 Å². The first-order valence-electron chi connectivity index (χ1n) is 6.40. The SMILES string of the molecule is CCCn1nnc(C=O)c1CCOc1ccccc1. The summed E-state index contributed by atoms with van der Waals surface area (Å²) in [6, 6.07) is 9.60. The molecular formula is C14H17N3O2. The third-order valence-electron chi connectivity index (χ3n) is 2.77. The summed E-state index contributed by atoms with van der Waals surface area (Å²) < 4.78 is 7.40. The van der Waals surface area contributed by atoms with Crippen molar-refractivity contribution in [1.29, 1.82) is 0 Å². The van der Waals surface area contributed by atoms with Crippen LogP contribution in [0.1, 0.15) is 29.5 Å². The summed E-state index contributed by atoms with van der Waals surface area (Å²) >= 11 is 0. The number of aryl methyl sites for hydroxylation is 1. The Morgan fingerprint density at radius 1 is 1.32 bits per heavy atom. The molecule has 1 aromatic heterocycles. The van der Waals surface area contributed by atoms with E-state index in [1.54, 1.807) is 4.68 Å². The molecule has 1 heterocycles. The Morgan fingerprint density at radius 2 is 2.11 bits per heavy atom. The lowest BCUT2D eigenvalue weighted by molar-refractivity contribution is 0.111. The second-order valence-electron chi connectivity index (χ2n) is 4.17. The van der Waals surface area contributed by atoms with E-state index in [-0.39, 0.29) is 0 Å². The molecule has 1 aromatic carbocycles. The molecule has 0 unspecified atom stereocenters. The molecule has 0 radical (unpaired) electrons. The van der Waals surface area contributed by atoms with Gasteiger partial charge in [-0.25, -0.2) is 4.68 Å². The van der Waals surface area contributed by atoms with Gasteiger partial charge < -0.3 is 4.74 Å². The molecule has 0 saturated carbocycles. The summed E-state index contributed by atoms with van der Waals surface area (Å²) in [7, 11) is 0. The van der Waals surface area contributed by atoms with Crippen molar-refractivity contribution in [1.82, 2.24) is 15.0 Å². The third-order valence-corrected chi connectivity index (χ3v) is 2.77. The van der Waals surface area contributed by atoms with E-state index in [0.717, 1.165) is 30.7 Å². The van der Waals surface area contributed by atoms with Gasteiger partial charge in [-0.05, 0) is 18.6 Å². The Hall–Kier alpha value is -2.17. The molecule has 0 N–H and O–H groups in total. The van der Waals surface area contributed by atoms with Crippen LogP contribution in [0.15, 0.2) is 30.3 Å². The van der Waals surface area contributed by atoms with Crippen molar-refractivity contribution in [3.8, 4) is 5.75 Å². The van der Waals surface area contributed by atoms with E-state index in [9.17, 15) is 4.79 Å². The monoisotopic (exact) mass is 259 g/mol. The molecule has 5 nitrogen and oxygen atoms in total. The number of carbonyl (C=O) groups excluding carboxylic acids is 1. The first kappa shape index (κ1) is 13.3. The van der Waals surface area contributed by atoms with Crippen LogP contribution >= 0.6 is 0 Å². The summed E-state index contributed by atoms with van der Waals surface area (Å²) in [4.78, 5) is 10.9. The first-order valence-corrected chi connectivity index (χ1v) is 6.40. The number of rotatable bonds is 7. The average Bonchev–Trinajstić information content (AvgIpc) is 2.83. The highest BCUT2D eigenvalue weighted by Crippen LogP contribution is 2.10. The van der Waals surface area contributed by atoms with E-state index in [1.165, 1.54) is 0 Å². The Kier molecular flexibility index (Phi) is 4.66. The largest absolute Gasteiger partial charge is 0.493 e. The lowest BCUT2D eigenvalue weighted by Gasteiger charge is -2.07. The number of carbonyl (C=O) groups is 1. The summed E-state index contributed by atoms with van der Waals surface area (Å²) in [5, 5.41) is 7.85. The van der Waals surface area contributed by atoms with E-state index in [1.807, 2.05) is 30.3 Å². The van der Waals surface area contributed by atoms with Crippen molar-refractivity contribution >= 4 is 6.29 Å². The normalized spacial score (nSPS) is 10.4. The smallest absolute Gasteiger partial charge is 0.172 e. The fourth-order valence-corrected chi connectivity index (χ4v) is 1.87. The maximum absolute atomic E-state index is 10.9. The fraction of sp³-hybridized carbons (Fsp3) is 0.357. The highest BCUT2D eigenvalue weighted by Gasteiger charge is 2.11. The number of para-hydroxylation sites is 1. The van der Waals surface area contributed by atoms with E-state index in [2.05, 4.69) is 17.2 Å². The predicted molar refractivity (Wildman–Crippen MR) is 71.3 cm³/mol. The molecule has 0 spiro atoms. The van der Waals surface area contributed by atoms with Gasteiger partial charge in [0.25, 0.3) is 0 Å². The van der Waals surface area contributed by atoms with Crippen LogP contribution in [0.4, 0.5) is 0 Å². The number of nitrogens with zero attached hydrogens (tertiary/aromatic N) is 3. The second kappa shape index (κ2) is 6.68. The van der Waals surface area contributed by atoms with Crippen molar-refractivity contribution in [3.63, 3.8) is 0 Å². The Labute approximate surface area is 112 Å². The summed E-state index contributed by atoms with van der Waals surface area (Å²) in [6.07, 6.45) is 2.32. The number of hydrogen-bond acceptors (Lipinski definition) is 4. The van der Waals surface area contributed by atoms with Crippen LogP contribution in [0.3, 0.4) is 0 Å². The van der Waals surface area contributed by atoms with Crippen LogP contribution in [0.25, 0.3) is 0 Å². The number of aldehydes is 1. The van der Waals surface area contributed by atoms with Crippen LogP contribution in [-0.2, 0) is 13.0 Å². The molecule has 19 heavy (non-hydrogen) atoms. The highest BCUT2D eigenvalue weighted by atomic mass is 16.5. The molecule has 2 rings (SSSR count). The molecular weight excluding hydrogens is 242 g/mol. The number of hydrogen-bond donors (Lipinski definition) is 0. The zero-order valence-electron chi connectivity index (χ0n) is 11.0. The van der Waals surface area contributed by atoms with Crippen molar-refractivity contribution in [2.75, 3.05) is 6.61 Å². The molecule has 0 fully saturated rings. The molecule has 5 heteroatoms. The molecule has 0 amide bonds. The Bertz CT molecular complexity index is 523. The summed E-state index contributed by atoms with van der Waals surface area (Å²) in [6.45, 7) is 3.33. The number of ether oxygens (including phenoxy) is 1. The third kappa shape index (κ3) is 3.40. The van der Waals surface area contributed by atoms with E-state index in [0.29, 0.717) is 18.7 Å². The van der Waals surface area contributed by atoms with Crippen molar-refractivity contribution in [2.45, 2.75) is 26.3 Å². The maximum atomic E-state index is 10.9. The highest BCUT2D eigenvalue weighted by molar-refractivity contribution is 5.73. The van der Waals surface area contributed by atoms with Crippen LogP contribution in [0, 0.1) is 0 Å². The molecule has 0 bridgehead atoms. The van der Waals surface area contributed by atoms with Gasteiger partial charge in [-0.15, -0.1) is 5.10 Å². The molecule has 0 saturated heterocycles. The lowest BCUT2D eigenvalue weighted by atomic mass is 10.2. The van der Waals surface area contributed by atoms with Gasteiger partial charge in [-0.1, -0.05) is 30.3 Å². The van der Waals surface area contributed by atoms with Gasteiger partial charge in [0.15, 0.2) is 6.29 Å². The van der Waals surface area contributed by atoms with Gasteiger partial charge in [0.2, 0.25) is 0 Å². The Balaban J connectivity index is 1.98. The summed E-state index contributed by atoms with van der Waals surface area (Å²) in [5.41, 5.74) is 1.25. The lowest BCUT2D eigenvalue weighted by Crippen LogP contribution is -2.10. The second-order valence-corrected chi connectivity index (χ2v) is 4.17. The molecule has 0 atom stereocenters.